The van der Waals surface area contributed by atoms with Gasteiger partial charge in [0.1, 0.15) is 5.60 Å². The summed E-state index contributed by atoms with van der Waals surface area (Å²) in [7, 11) is -3.81. The zero-order valence-electron chi connectivity index (χ0n) is 20.0. The number of nitrogens with two attached hydrogens (primary N) is 1. The molecule has 0 spiro atoms. The van der Waals surface area contributed by atoms with Gasteiger partial charge in [-0.15, -0.1) is 0 Å². The summed E-state index contributed by atoms with van der Waals surface area (Å²) in [5.74, 6) is 4.74. The summed E-state index contributed by atoms with van der Waals surface area (Å²) in [6.45, 7) is 6.00. The van der Waals surface area contributed by atoms with Gasteiger partial charge < -0.3 is 9.64 Å². The summed E-state index contributed by atoms with van der Waals surface area (Å²) in [4.78, 5) is 25.7. The minimum atomic E-state index is -3.81. The molecule has 1 heterocycles. The lowest BCUT2D eigenvalue weighted by atomic mass is 10.1. The number of anilines is 1. The molecule has 0 atom stereocenters. The van der Waals surface area contributed by atoms with Crippen molar-refractivity contribution in [3.05, 3.63) is 64.7 Å². The maximum atomic E-state index is 13.8. The van der Waals surface area contributed by atoms with Crippen LogP contribution in [0.15, 0.2) is 48.5 Å². The molecule has 0 saturated carbocycles. The van der Waals surface area contributed by atoms with Crippen molar-refractivity contribution in [2.24, 2.45) is 5.84 Å². The summed E-state index contributed by atoms with van der Waals surface area (Å²) < 4.78 is 34.3. The molecule has 1 saturated heterocycles. The number of rotatable bonds is 6. The Bertz CT molecular complexity index is 1160. The summed E-state index contributed by atoms with van der Waals surface area (Å²) in [5, 5.41) is -0.264. The third kappa shape index (κ3) is 6.87. The zero-order valence-corrected chi connectivity index (χ0v) is 21.6. The summed E-state index contributed by atoms with van der Waals surface area (Å²) >= 11 is 6.17. The van der Waals surface area contributed by atoms with E-state index in [0.29, 0.717) is 21.8 Å². The Morgan fingerprint density at radius 2 is 1.77 bits per heavy atom. The van der Waals surface area contributed by atoms with Crippen molar-refractivity contribution in [2.75, 3.05) is 17.4 Å². The molecular weight excluding hydrogens is 492 g/mol. The molecule has 0 unspecified atom stereocenters. The van der Waals surface area contributed by atoms with Crippen molar-refractivity contribution >= 4 is 39.3 Å². The first-order chi connectivity index (χ1) is 16.4. The molecule has 2 amide bonds. The van der Waals surface area contributed by atoms with Gasteiger partial charge in [-0.1, -0.05) is 29.8 Å². The first-order valence-corrected chi connectivity index (χ1v) is 13.1. The lowest BCUT2D eigenvalue weighted by Crippen LogP contribution is -2.48. The number of hydrogen-bond donors (Lipinski definition) is 2. The highest BCUT2D eigenvalue weighted by atomic mass is 35.5. The van der Waals surface area contributed by atoms with Crippen LogP contribution in [-0.4, -0.2) is 49.3 Å². The number of nitrogens with zero attached hydrogens (tertiary/aromatic N) is 2. The van der Waals surface area contributed by atoms with Crippen LogP contribution >= 0.6 is 11.6 Å². The first-order valence-electron chi connectivity index (χ1n) is 11.3. The Morgan fingerprint density at radius 1 is 1.14 bits per heavy atom. The van der Waals surface area contributed by atoms with Crippen molar-refractivity contribution in [1.82, 2.24) is 10.3 Å². The van der Waals surface area contributed by atoms with Crippen LogP contribution in [0.2, 0.25) is 5.02 Å². The number of hydrazine groups is 1. The average molecular weight is 523 g/mol. The predicted octanol–water partition coefficient (Wildman–Crippen LogP) is 3.68. The Hall–Kier alpha value is -2.82. The van der Waals surface area contributed by atoms with E-state index in [9.17, 15) is 18.0 Å². The smallest absolute Gasteiger partial charge is 0.410 e. The van der Waals surface area contributed by atoms with E-state index in [1.54, 1.807) is 74.2 Å². The van der Waals surface area contributed by atoms with E-state index in [4.69, 9.17) is 22.2 Å². The van der Waals surface area contributed by atoms with Crippen LogP contribution < -0.4 is 15.6 Å². The molecule has 2 aromatic rings. The molecule has 3 N–H and O–H groups in total. The molecule has 11 heteroatoms. The molecule has 2 aromatic carbocycles. The Labute approximate surface area is 211 Å². The number of benzene rings is 2. The van der Waals surface area contributed by atoms with Gasteiger partial charge in [0.05, 0.1) is 17.5 Å². The molecule has 0 radical (unpaired) electrons. The number of halogens is 1. The van der Waals surface area contributed by atoms with Crippen LogP contribution in [0.1, 0.15) is 49.5 Å². The highest BCUT2D eigenvalue weighted by molar-refractivity contribution is 7.93. The largest absolute Gasteiger partial charge is 0.444 e. The van der Waals surface area contributed by atoms with Gasteiger partial charge in [0.15, 0.2) is 0 Å². The van der Waals surface area contributed by atoms with Crippen molar-refractivity contribution in [1.29, 1.82) is 0 Å². The van der Waals surface area contributed by atoms with E-state index in [1.165, 1.54) is 4.31 Å². The summed E-state index contributed by atoms with van der Waals surface area (Å²) in [5.41, 5.74) is 2.94. The number of sulfonamides is 1. The highest BCUT2D eigenvalue weighted by Gasteiger charge is 2.37. The fourth-order valence-electron chi connectivity index (χ4n) is 3.81. The number of nitrogens with one attached hydrogen (secondary N) is 1. The second kappa shape index (κ2) is 10.8. The van der Waals surface area contributed by atoms with Gasteiger partial charge >= 0.3 is 6.09 Å². The first kappa shape index (κ1) is 26.8. The molecule has 3 rings (SSSR count). The van der Waals surface area contributed by atoms with E-state index in [0.717, 1.165) is 0 Å². The second-order valence-electron chi connectivity index (χ2n) is 9.37. The van der Waals surface area contributed by atoms with Crippen LogP contribution in [0, 0.1) is 0 Å². The fraction of sp³-hybridized carbons (Fsp3) is 0.417. The summed E-state index contributed by atoms with van der Waals surface area (Å²) in [6.07, 6.45) is 0.129. The maximum absolute atomic E-state index is 13.8. The van der Waals surface area contributed by atoms with E-state index in [-0.39, 0.29) is 32.5 Å². The van der Waals surface area contributed by atoms with E-state index in [2.05, 4.69) is 5.43 Å². The van der Waals surface area contributed by atoms with Crippen LogP contribution in [0.25, 0.3) is 0 Å². The van der Waals surface area contributed by atoms with Crippen LogP contribution in [0.5, 0.6) is 0 Å². The van der Waals surface area contributed by atoms with Gasteiger partial charge in [-0.25, -0.2) is 19.1 Å². The minimum absolute atomic E-state index is 0.0550. The second-order valence-corrected chi connectivity index (χ2v) is 11.9. The van der Waals surface area contributed by atoms with Crippen molar-refractivity contribution < 1.29 is 22.7 Å². The number of piperidine rings is 1. The minimum Gasteiger partial charge on any atom is -0.444 e. The van der Waals surface area contributed by atoms with Gasteiger partial charge in [-0.2, -0.15) is 0 Å². The van der Waals surface area contributed by atoms with Gasteiger partial charge in [0, 0.05) is 23.7 Å². The van der Waals surface area contributed by atoms with Crippen molar-refractivity contribution in [3.63, 3.8) is 0 Å². The van der Waals surface area contributed by atoms with Gasteiger partial charge in [-0.3, -0.25) is 14.5 Å². The van der Waals surface area contributed by atoms with E-state index >= 15 is 0 Å². The number of carbonyl (C=O) groups is 2. The number of carbonyl (C=O) groups excluding carboxylic acids is 2. The molecule has 0 aromatic heterocycles. The molecule has 0 bridgehead atoms. The number of likely N-dealkylation sites (tertiary alicyclic amines) is 1. The third-order valence-corrected chi connectivity index (χ3v) is 8.09. The van der Waals surface area contributed by atoms with Crippen molar-refractivity contribution in [3.8, 4) is 0 Å². The summed E-state index contributed by atoms with van der Waals surface area (Å²) in [6, 6.07) is 13.2. The number of ether oxygens (including phenoxy) is 1. The van der Waals surface area contributed by atoms with Gasteiger partial charge in [0.2, 0.25) is 10.0 Å². The van der Waals surface area contributed by atoms with Gasteiger partial charge in [-0.05, 0) is 69.5 Å². The molecule has 1 aliphatic rings. The Morgan fingerprint density at radius 3 is 2.31 bits per heavy atom. The Kier molecular flexibility index (Phi) is 8.30. The predicted molar refractivity (Wildman–Crippen MR) is 135 cm³/mol. The quantitative estimate of drug-likeness (QED) is 0.339. The molecular formula is C24H31ClN4O5S. The standard InChI is InChI=1S/C24H31ClN4O5S/c1-24(2,3)34-23(31)28-13-11-21(12-14-28)35(32,33)29(20-6-4-5-19(25)15-20)16-17-7-9-18(10-8-17)22(30)27-26/h4-10,15,21H,11-14,16,26H2,1-3H3,(H,27,30). The molecule has 35 heavy (non-hydrogen) atoms. The monoisotopic (exact) mass is 522 g/mol. The topological polar surface area (TPSA) is 122 Å². The Balaban J connectivity index is 1.82. The lowest BCUT2D eigenvalue weighted by Gasteiger charge is -2.36. The van der Waals surface area contributed by atoms with E-state index < -0.39 is 32.9 Å². The zero-order chi connectivity index (χ0) is 25.8. The van der Waals surface area contributed by atoms with Crippen LogP contribution in [-0.2, 0) is 21.3 Å². The number of nitrogen functional groups attached to an aromatic ring is 1. The molecule has 1 fully saturated rings. The molecule has 9 nitrogen and oxygen atoms in total. The molecule has 1 aliphatic heterocycles. The average Bonchev–Trinajstić information content (AvgIpc) is 2.81. The third-order valence-electron chi connectivity index (χ3n) is 5.59. The maximum Gasteiger partial charge on any atom is 0.410 e. The van der Waals surface area contributed by atoms with E-state index in [1.807, 2.05) is 0 Å². The molecule has 0 aliphatic carbocycles. The fourth-order valence-corrected chi connectivity index (χ4v) is 5.90. The number of hydrogen-bond acceptors (Lipinski definition) is 6. The van der Waals surface area contributed by atoms with Gasteiger partial charge in [0.25, 0.3) is 5.91 Å². The van der Waals surface area contributed by atoms with Crippen molar-refractivity contribution in [2.45, 2.75) is 51.0 Å². The van der Waals surface area contributed by atoms with Crippen LogP contribution in [0.3, 0.4) is 0 Å². The lowest BCUT2D eigenvalue weighted by molar-refractivity contribution is 0.0217. The SMILES string of the molecule is CC(C)(C)OC(=O)N1CCC(S(=O)(=O)N(Cc2ccc(C(=O)NN)cc2)c2cccc(Cl)c2)CC1. The highest BCUT2D eigenvalue weighted by Crippen LogP contribution is 2.30. The van der Waals surface area contributed by atoms with Crippen LogP contribution in [0.4, 0.5) is 10.5 Å². The molecule has 190 valence electrons. The normalized spacial score (nSPS) is 14.9. The number of amides is 2.